The molecule has 0 aromatic heterocycles. The standard InChI is InChI=1S/C22H22O4/c1-24-19-11-15(12-20(14-19)25-2)10-17-8-9-18(22(17)23)13-16-6-4-5-7-21(16)26-3/h4-7,10-14H,8-9H2,1-3H3/b17-10?,18-13+. The van der Waals surface area contributed by atoms with Crippen LogP contribution in [0.1, 0.15) is 24.0 Å². The summed E-state index contributed by atoms with van der Waals surface area (Å²) in [6.07, 6.45) is 5.29. The van der Waals surface area contributed by atoms with Crippen molar-refractivity contribution in [3.05, 3.63) is 64.7 Å². The van der Waals surface area contributed by atoms with Gasteiger partial charge in [-0.2, -0.15) is 0 Å². The molecule has 0 radical (unpaired) electrons. The second kappa shape index (κ2) is 7.91. The summed E-state index contributed by atoms with van der Waals surface area (Å²) < 4.78 is 16.0. The van der Waals surface area contributed by atoms with Crippen LogP contribution in [-0.2, 0) is 4.79 Å². The number of methoxy groups -OCH3 is 3. The zero-order chi connectivity index (χ0) is 18.5. The fourth-order valence-corrected chi connectivity index (χ4v) is 3.07. The van der Waals surface area contributed by atoms with Gasteiger partial charge < -0.3 is 14.2 Å². The monoisotopic (exact) mass is 350 g/mol. The number of hydrogen-bond donors (Lipinski definition) is 0. The predicted molar refractivity (Wildman–Crippen MR) is 103 cm³/mol. The molecule has 0 aliphatic heterocycles. The molecule has 0 amide bonds. The van der Waals surface area contributed by atoms with Crippen molar-refractivity contribution >= 4 is 17.9 Å². The minimum Gasteiger partial charge on any atom is -0.497 e. The third-order valence-corrected chi connectivity index (χ3v) is 4.43. The lowest BCUT2D eigenvalue weighted by Crippen LogP contribution is -1.96. The Hall–Kier alpha value is -3.01. The average Bonchev–Trinajstić information content (AvgIpc) is 3.01. The largest absolute Gasteiger partial charge is 0.497 e. The summed E-state index contributed by atoms with van der Waals surface area (Å²) in [6, 6.07) is 13.3. The molecule has 26 heavy (non-hydrogen) atoms. The first-order valence-corrected chi connectivity index (χ1v) is 8.46. The first-order valence-electron chi connectivity index (χ1n) is 8.46. The summed E-state index contributed by atoms with van der Waals surface area (Å²) in [7, 11) is 4.86. The van der Waals surface area contributed by atoms with Gasteiger partial charge in [-0.15, -0.1) is 0 Å². The Labute approximate surface area is 153 Å². The molecule has 1 saturated carbocycles. The second-order valence-electron chi connectivity index (χ2n) is 6.06. The zero-order valence-corrected chi connectivity index (χ0v) is 15.2. The molecule has 0 heterocycles. The van der Waals surface area contributed by atoms with Gasteiger partial charge in [-0.1, -0.05) is 18.2 Å². The fourth-order valence-electron chi connectivity index (χ4n) is 3.07. The molecule has 3 rings (SSSR count). The average molecular weight is 350 g/mol. The number of benzene rings is 2. The first-order chi connectivity index (χ1) is 12.6. The number of carbonyl (C=O) groups is 1. The van der Waals surface area contributed by atoms with Crippen molar-refractivity contribution in [3.63, 3.8) is 0 Å². The van der Waals surface area contributed by atoms with Crippen molar-refractivity contribution in [2.75, 3.05) is 21.3 Å². The number of allylic oxidation sites excluding steroid dienone is 2. The number of Topliss-reactive ketones (excluding diaryl/α,β-unsaturated/α-hetero) is 1. The van der Waals surface area contributed by atoms with Crippen molar-refractivity contribution in [2.45, 2.75) is 12.8 Å². The van der Waals surface area contributed by atoms with E-state index in [1.165, 1.54) is 0 Å². The van der Waals surface area contributed by atoms with Crippen molar-refractivity contribution < 1.29 is 19.0 Å². The van der Waals surface area contributed by atoms with E-state index in [1.807, 2.05) is 54.6 Å². The van der Waals surface area contributed by atoms with Gasteiger partial charge in [0.15, 0.2) is 5.78 Å². The Balaban J connectivity index is 1.89. The van der Waals surface area contributed by atoms with Crippen LogP contribution in [0.4, 0.5) is 0 Å². The Morgan fingerprint density at radius 3 is 2.04 bits per heavy atom. The maximum absolute atomic E-state index is 12.8. The van der Waals surface area contributed by atoms with E-state index >= 15 is 0 Å². The van der Waals surface area contributed by atoms with E-state index in [-0.39, 0.29) is 5.78 Å². The number of ether oxygens (including phenoxy) is 3. The Morgan fingerprint density at radius 2 is 1.42 bits per heavy atom. The molecule has 2 aromatic rings. The predicted octanol–water partition coefficient (Wildman–Crippen LogP) is 4.54. The van der Waals surface area contributed by atoms with Crippen LogP contribution in [0.25, 0.3) is 12.2 Å². The van der Waals surface area contributed by atoms with Crippen LogP contribution < -0.4 is 14.2 Å². The number of carbonyl (C=O) groups excluding carboxylic acids is 1. The van der Waals surface area contributed by atoms with Crippen LogP contribution in [0.3, 0.4) is 0 Å². The molecule has 4 heteroatoms. The molecule has 134 valence electrons. The van der Waals surface area contributed by atoms with Crippen molar-refractivity contribution in [1.82, 2.24) is 0 Å². The van der Waals surface area contributed by atoms with E-state index in [1.54, 1.807) is 21.3 Å². The molecule has 1 aliphatic rings. The molecule has 0 atom stereocenters. The third kappa shape index (κ3) is 3.80. The van der Waals surface area contributed by atoms with Gasteiger partial charge in [-0.3, -0.25) is 4.79 Å². The Morgan fingerprint density at radius 1 is 0.808 bits per heavy atom. The molecule has 2 aromatic carbocycles. The minimum absolute atomic E-state index is 0.0812. The lowest BCUT2D eigenvalue weighted by atomic mass is 10.1. The van der Waals surface area contributed by atoms with Gasteiger partial charge >= 0.3 is 0 Å². The van der Waals surface area contributed by atoms with E-state index in [0.29, 0.717) is 11.5 Å². The highest BCUT2D eigenvalue weighted by atomic mass is 16.5. The maximum Gasteiger partial charge on any atom is 0.185 e. The molecule has 0 unspecified atom stereocenters. The van der Waals surface area contributed by atoms with E-state index in [0.717, 1.165) is 40.9 Å². The number of hydrogen-bond acceptors (Lipinski definition) is 4. The molecule has 0 spiro atoms. The molecular weight excluding hydrogens is 328 g/mol. The van der Waals surface area contributed by atoms with Crippen LogP contribution in [0.5, 0.6) is 17.2 Å². The normalized spacial score (nSPS) is 17.0. The topological polar surface area (TPSA) is 44.8 Å². The third-order valence-electron chi connectivity index (χ3n) is 4.43. The highest BCUT2D eigenvalue weighted by molar-refractivity contribution is 6.15. The van der Waals surface area contributed by atoms with Gasteiger partial charge in [0.1, 0.15) is 17.2 Å². The minimum atomic E-state index is 0.0812. The van der Waals surface area contributed by atoms with Crippen molar-refractivity contribution in [2.24, 2.45) is 0 Å². The van der Waals surface area contributed by atoms with E-state index in [2.05, 4.69) is 0 Å². The SMILES string of the molecule is COc1cc(C=C2CC/C(=C\c3ccccc3OC)C2=O)cc(OC)c1. The van der Waals surface area contributed by atoms with E-state index in [9.17, 15) is 4.79 Å². The van der Waals surface area contributed by atoms with Crippen LogP contribution >= 0.6 is 0 Å². The van der Waals surface area contributed by atoms with Gasteiger partial charge in [0.2, 0.25) is 0 Å². The van der Waals surface area contributed by atoms with Gasteiger partial charge in [-0.25, -0.2) is 0 Å². The van der Waals surface area contributed by atoms with Gasteiger partial charge in [-0.05, 0) is 48.8 Å². The molecule has 0 N–H and O–H groups in total. The first kappa shape index (κ1) is 17.8. The van der Waals surface area contributed by atoms with Gasteiger partial charge in [0.05, 0.1) is 21.3 Å². The quantitative estimate of drug-likeness (QED) is 0.743. The summed E-state index contributed by atoms with van der Waals surface area (Å²) >= 11 is 0. The zero-order valence-electron chi connectivity index (χ0n) is 15.2. The van der Waals surface area contributed by atoms with Gasteiger partial charge in [0.25, 0.3) is 0 Å². The molecule has 1 aliphatic carbocycles. The maximum atomic E-state index is 12.8. The fraction of sp³-hybridized carbons (Fsp3) is 0.227. The number of para-hydroxylation sites is 1. The van der Waals surface area contributed by atoms with Crippen LogP contribution in [0.15, 0.2) is 53.6 Å². The summed E-state index contributed by atoms with van der Waals surface area (Å²) in [5.41, 5.74) is 3.41. The van der Waals surface area contributed by atoms with E-state index < -0.39 is 0 Å². The van der Waals surface area contributed by atoms with Crippen LogP contribution in [0.2, 0.25) is 0 Å². The highest BCUT2D eigenvalue weighted by Crippen LogP contribution is 2.32. The lowest BCUT2D eigenvalue weighted by Gasteiger charge is -2.06. The molecule has 4 nitrogen and oxygen atoms in total. The molecule has 1 fully saturated rings. The lowest BCUT2D eigenvalue weighted by molar-refractivity contribution is -0.111. The molecular formula is C22H22O4. The number of rotatable bonds is 5. The van der Waals surface area contributed by atoms with Gasteiger partial charge in [0, 0.05) is 22.8 Å². The number of ketones is 1. The summed E-state index contributed by atoms with van der Waals surface area (Å²) in [5.74, 6) is 2.25. The second-order valence-corrected chi connectivity index (χ2v) is 6.06. The molecule has 0 saturated heterocycles. The van der Waals surface area contributed by atoms with Crippen molar-refractivity contribution in [3.8, 4) is 17.2 Å². The Bertz CT molecular complexity index is 855. The summed E-state index contributed by atoms with van der Waals surface area (Å²) in [4.78, 5) is 12.8. The summed E-state index contributed by atoms with van der Waals surface area (Å²) in [6.45, 7) is 0. The summed E-state index contributed by atoms with van der Waals surface area (Å²) in [5, 5.41) is 0. The Kier molecular flexibility index (Phi) is 5.42. The highest BCUT2D eigenvalue weighted by Gasteiger charge is 2.23. The smallest absolute Gasteiger partial charge is 0.185 e. The van der Waals surface area contributed by atoms with Crippen LogP contribution in [-0.4, -0.2) is 27.1 Å². The van der Waals surface area contributed by atoms with Crippen LogP contribution in [0, 0.1) is 0 Å². The van der Waals surface area contributed by atoms with E-state index in [4.69, 9.17) is 14.2 Å². The molecule has 0 bridgehead atoms. The van der Waals surface area contributed by atoms with Crippen molar-refractivity contribution in [1.29, 1.82) is 0 Å².